The lowest BCUT2D eigenvalue weighted by atomic mass is 9.70. The zero-order valence-electron chi connectivity index (χ0n) is 11.8. The maximum absolute atomic E-state index is 6.28. The van der Waals surface area contributed by atoms with Crippen molar-refractivity contribution in [1.29, 1.82) is 0 Å². The highest BCUT2D eigenvalue weighted by atomic mass is 14.6. The zero-order valence-corrected chi connectivity index (χ0v) is 11.8. The molecule has 0 aromatic heterocycles. The molecule has 1 aliphatic rings. The Bertz CT molecular complexity index is 424. The van der Waals surface area contributed by atoms with Gasteiger partial charge in [0.05, 0.1) is 0 Å². The van der Waals surface area contributed by atoms with Crippen LogP contribution in [0, 0.1) is 0 Å². The minimum Gasteiger partial charge on any atom is -0.324 e. The highest BCUT2D eigenvalue weighted by Crippen LogP contribution is 2.41. The van der Waals surface area contributed by atoms with Crippen molar-refractivity contribution in [3.05, 3.63) is 34.9 Å². The van der Waals surface area contributed by atoms with Crippen molar-refractivity contribution < 1.29 is 0 Å². The Kier molecular flexibility index (Phi) is 2.86. The highest BCUT2D eigenvalue weighted by Gasteiger charge is 2.31. The summed E-state index contributed by atoms with van der Waals surface area (Å²) < 4.78 is 0. The summed E-state index contributed by atoms with van der Waals surface area (Å²) in [6.45, 7) is 11.4. The maximum Gasteiger partial charge on any atom is 0.0298 e. The SMILES string of the molecule is CC(C)(C)c1ccc2c(c1)C(N)CCC2(C)C. The normalized spacial score (nSPS) is 23.3. The van der Waals surface area contributed by atoms with Crippen molar-refractivity contribution in [1.82, 2.24) is 0 Å². The van der Waals surface area contributed by atoms with E-state index in [4.69, 9.17) is 5.73 Å². The number of fused-ring (bicyclic) bond motifs is 1. The van der Waals surface area contributed by atoms with Crippen molar-refractivity contribution >= 4 is 0 Å². The van der Waals surface area contributed by atoms with E-state index >= 15 is 0 Å². The monoisotopic (exact) mass is 231 g/mol. The molecule has 2 N–H and O–H groups in total. The second-order valence-electron chi connectivity index (χ2n) is 7.08. The van der Waals surface area contributed by atoms with Crippen molar-refractivity contribution in [2.24, 2.45) is 5.73 Å². The molecule has 0 heterocycles. The zero-order chi connectivity index (χ0) is 12.8. The van der Waals surface area contributed by atoms with Gasteiger partial charge in [-0.25, -0.2) is 0 Å². The molecule has 0 bridgehead atoms. The predicted molar refractivity (Wildman–Crippen MR) is 74.3 cm³/mol. The van der Waals surface area contributed by atoms with Gasteiger partial charge >= 0.3 is 0 Å². The van der Waals surface area contributed by atoms with Crippen molar-refractivity contribution in [2.75, 3.05) is 0 Å². The summed E-state index contributed by atoms with van der Waals surface area (Å²) >= 11 is 0. The molecule has 2 rings (SSSR count). The van der Waals surface area contributed by atoms with E-state index < -0.39 is 0 Å². The van der Waals surface area contributed by atoms with E-state index in [1.807, 2.05) is 0 Å². The number of benzene rings is 1. The first kappa shape index (κ1) is 12.6. The van der Waals surface area contributed by atoms with Gasteiger partial charge in [0.2, 0.25) is 0 Å². The Hall–Kier alpha value is -0.820. The molecule has 1 unspecified atom stereocenters. The van der Waals surface area contributed by atoms with Gasteiger partial charge in [-0.3, -0.25) is 0 Å². The molecule has 0 aliphatic heterocycles. The van der Waals surface area contributed by atoms with E-state index in [0.29, 0.717) is 0 Å². The molecular weight excluding hydrogens is 206 g/mol. The number of hydrogen-bond donors (Lipinski definition) is 1. The lowest BCUT2D eigenvalue weighted by molar-refractivity contribution is 0.395. The molecule has 0 saturated heterocycles. The fraction of sp³-hybridized carbons (Fsp3) is 0.625. The first-order valence-corrected chi connectivity index (χ1v) is 6.62. The molecule has 0 spiro atoms. The lowest BCUT2D eigenvalue weighted by Crippen LogP contribution is -2.30. The first-order chi connectivity index (χ1) is 7.72. The van der Waals surface area contributed by atoms with E-state index in [1.165, 1.54) is 23.1 Å². The van der Waals surface area contributed by atoms with Crippen molar-refractivity contribution in [3.8, 4) is 0 Å². The van der Waals surface area contributed by atoms with Crippen LogP contribution in [0.15, 0.2) is 18.2 Å². The Balaban J connectivity index is 2.54. The van der Waals surface area contributed by atoms with Crippen LogP contribution in [-0.2, 0) is 10.8 Å². The smallest absolute Gasteiger partial charge is 0.0298 e. The number of nitrogens with two attached hydrogens (primary N) is 1. The Morgan fingerprint density at radius 1 is 1.24 bits per heavy atom. The Labute approximate surface area is 105 Å². The van der Waals surface area contributed by atoms with Crippen molar-refractivity contribution in [3.63, 3.8) is 0 Å². The Morgan fingerprint density at radius 3 is 2.47 bits per heavy atom. The second kappa shape index (κ2) is 3.84. The number of hydrogen-bond acceptors (Lipinski definition) is 1. The summed E-state index contributed by atoms with van der Waals surface area (Å²) in [5, 5.41) is 0. The second-order valence-corrected chi connectivity index (χ2v) is 7.08. The van der Waals surface area contributed by atoms with Gasteiger partial charge in [-0.1, -0.05) is 52.8 Å². The highest BCUT2D eigenvalue weighted by molar-refractivity contribution is 5.42. The number of rotatable bonds is 0. The predicted octanol–water partition coefficient (Wildman–Crippen LogP) is 4.06. The molecule has 1 aliphatic carbocycles. The van der Waals surface area contributed by atoms with Crippen LogP contribution in [0.25, 0.3) is 0 Å². The van der Waals surface area contributed by atoms with Crippen LogP contribution >= 0.6 is 0 Å². The van der Waals surface area contributed by atoms with Crippen LogP contribution in [0.1, 0.15) is 70.2 Å². The lowest BCUT2D eigenvalue weighted by Gasteiger charge is -2.37. The van der Waals surface area contributed by atoms with Gasteiger partial charge in [0.1, 0.15) is 0 Å². The van der Waals surface area contributed by atoms with Gasteiger partial charge < -0.3 is 5.73 Å². The quantitative estimate of drug-likeness (QED) is 0.716. The molecule has 0 fully saturated rings. The summed E-state index contributed by atoms with van der Waals surface area (Å²) in [5.41, 5.74) is 11.0. The third-order valence-electron chi connectivity index (χ3n) is 4.13. The molecule has 1 atom stereocenters. The standard InChI is InChI=1S/C16H25N/c1-15(2,3)11-6-7-13-12(10-11)14(17)8-9-16(13,4)5/h6-7,10,14H,8-9,17H2,1-5H3. The van der Waals surface area contributed by atoms with E-state index in [1.54, 1.807) is 0 Å². The van der Waals surface area contributed by atoms with Gasteiger partial charge in [0.15, 0.2) is 0 Å². The van der Waals surface area contributed by atoms with Crippen LogP contribution in [0.5, 0.6) is 0 Å². The molecule has 1 aromatic rings. The largest absolute Gasteiger partial charge is 0.324 e. The molecule has 17 heavy (non-hydrogen) atoms. The van der Waals surface area contributed by atoms with Gasteiger partial charge in [-0.05, 0) is 40.4 Å². The fourth-order valence-corrected chi connectivity index (χ4v) is 2.76. The molecular formula is C16H25N. The summed E-state index contributed by atoms with van der Waals surface area (Å²) in [6.07, 6.45) is 2.30. The summed E-state index contributed by atoms with van der Waals surface area (Å²) in [4.78, 5) is 0. The third kappa shape index (κ3) is 2.26. The molecule has 0 radical (unpaired) electrons. The minimum atomic E-state index is 0.205. The van der Waals surface area contributed by atoms with Gasteiger partial charge in [0, 0.05) is 6.04 Å². The van der Waals surface area contributed by atoms with Crippen LogP contribution < -0.4 is 5.73 Å². The molecule has 1 nitrogen and oxygen atoms in total. The van der Waals surface area contributed by atoms with E-state index in [2.05, 4.69) is 52.8 Å². The molecule has 0 amide bonds. The van der Waals surface area contributed by atoms with Crippen LogP contribution in [0.2, 0.25) is 0 Å². The van der Waals surface area contributed by atoms with E-state index in [-0.39, 0.29) is 16.9 Å². The van der Waals surface area contributed by atoms with Gasteiger partial charge in [-0.2, -0.15) is 0 Å². The minimum absolute atomic E-state index is 0.205. The maximum atomic E-state index is 6.28. The van der Waals surface area contributed by atoms with Crippen LogP contribution in [0.3, 0.4) is 0 Å². The van der Waals surface area contributed by atoms with Gasteiger partial charge in [0.25, 0.3) is 0 Å². The average Bonchev–Trinajstić information content (AvgIpc) is 2.22. The van der Waals surface area contributed by atoms with Crippen molar-refractivity contribution in [2.45, 2.75) is 64.3 Å². The third-order valence-corrected chi connectivity index (χ3v) is 4.13. The summed E-state index contributed by atoms with van der Waals surface area (Å²) in [7, 11) is 0. The van der Waals surface area contributed by atoms with Crippen LogP contribution in [0.4, 0.5) is 0 Å². The average molecular weight is 231 g/mol. The topological polar surface area (TPSA) is 26.0 Å². The fourth-order valence-electron chi connectivity index (χ4n) is 2.76. The molecule has 1 aromatic carbocycles. The van der Waals surface area contributed by atoms with E-state index in [9.17, 15) is 0 Å². The summed E-state index contributed by atoms with van der Waals surface area (Å²) in [5.74, 6) is 0. The summed E-state index contributed by atoms with van der Waals surface area (Å²) in [6, 6.07) is 7.13. The molecule has 94 valence electrons. The van der Waals surface area contributed by atoms with E-state index in [0.717, 1.165) is 6.42 Å². The van der Waals surface area contributed by atoms with Crippen LogP contribution in [-0.4, -0.2) is 0 Å². The Morgan fingerprint density at radius 2 is 1.88 bits per heavy atom. The molecule has 1 heteroatoms. The van der Waals surface area contributed by atoms with Gasteiger partial charge in [-0.15, -0.1) is 0 Å². The first-order valence-electron chi connectivity index (χ1n) is 6.62. The molecule has 0 saturated carbocycles.